The summed E-state index contributed by atoms with van der Waals surface area (Å²) in [5.41, 5.74) is 2.33. The van der Waals surface area contributed by atoms with Crippen LogP contribution in [0.1, 0.15) is 11.5 Å². The van der Waals surface area contributed by atoms with E-state index in [-0.39, 0.29) is 5.69 Å². The van der Waals surface area contributed by atoms with E-state index in [1.807, 2.05) is 35.9 Å². The predicted molar refractivity (Wildman–Crippen MR) is 74.4 cm³/mol. The van der Waals surface area contributed by atoms with Gasteiger partial charge in [0.05, 0.1) is 22.4 Å². The van der Waals surface area contributed by atoms with Crippen molar-refractivity contribution < 1.29 is 4.92 Å². The lowest BCUT2D eigenvalue weighted by Gasteiger charge is -2.02. The van der Waals surface area contributed by atoms with Crippen LogP contribution < -0.4 is 0 Å². The predicted octanol–water partition coefficient (Wildman–Crippen LogP) is 2.47. The number of hydrogen-bond acceptors (Lipinski definition) is 4. The highest BCUT2D eigenvalue weighted by atomic mass is 16.6. The smallest absolute Gasteiger partial charge is 0.291 e. The summed E-state index contributed by atoms with van der Waals surface area (Å²) in [7, 11) is 1.90. The van der Waals surface area contributed by atoms with Crippen LogP contribution in [0.25, 0.3) is 11.0 Å². The first-order chi connectivity index (χ1) is 9.66. The largest absolute Gasteiger partial charge is 0.331 e. The average molecular weight is 268 g/mol. The van der Waals surface area contributed by atoms with Crippen LogP contribution in [0.4, 0.5) is 5.69 Å². The number of pyridine rings is 1. The lowest BCUT2D eigenvalue weighted by molar-refractivity contribution is -0.385. The van der Waals surface area contributed by atoms with Crippen LogP contribution in [0.15, 0.2) is 42.6 Å². The third-order valence-corrected chi connectivity index (χ3v) is 3.27. The molecule has 0 atom stereocenters. The van der Waals surface area contributed by atoms with Gasteiger partial charge in [-0.25, -0.2) is 4.98 Å². The van der Waals surface area contributed by atoms with E-state index in [9.17, 15) is 10.1 Å². The molecule has 20 heavy (non-hydrogen) atoms. The Morgan fingerprint density at radius 2 is 2.05 bits per heavy atom. The Balaban J connectivity index is 2.06. The lowest BCUT2D eigenvalue weighted by Crippen LogP contribution is -2.04. The van der Waals surface area contributed by atoms with Crippen molar-refractivity contribution in [3.8, 4) is 0 Å². The molecule has 0 radical (unpaired) electrons. The SMILES string of the molecule is Cn1c(Cc2ncccc2[N+](=O)[O-])nc2ccccc21. The van der Waals surface area contributed by atoms with Gasteiger partial charge in [0.2, 0.25) is 0 Å². The molecule has 0 unspecified atom stereocenters. The fourth-order valence-corrected chi connectivity index (χ4v) is 2.24. The summed E-state index contributed by atoms with van der Waals surface area (Å²) in [5, 5.41) is 11.0. The second-order valence-electron chi connectivity index (χ2n) is 4.48. The lowest BCUT2D eigenvalue weighted by atomic mass is 10.2. The molecule has 0 saturated carbocycles. The number of aryl methyl sites for hydroxylation is 1. The fourth-order valence-electron chi connectivity index (χ4n) is 2.24. The van der Waals surface area contributed by atoms with Gasteiger partial charge in [0.1, 0.15) is 11.5 Å². The number of benzene rings is 1. The van der Waals surface area contributed by atoms with Crippen molar-refractivity contribution in [3.63, 3.8) is 0 Å². The number of rotatable bonds is 3. The molecule has 0 aliphatic carbocycles. The highest BCUT2D eigenvalue weighted by Gasteiger charge is 2.17. The fraction of sp³-hybridized carbons (Fsp3) is 0.143. The van der Waals surface area contributed by atoms with Gasteiger partial charge in [-0.15, -0.1) is 0 Å². The third-order valence-electron chi connectivity index (χ3n) is 3.27. The summed E-state index contributed by atoms with van der Waals surface area (Å²) in [5.74, 6) is 0.757. The Bertz CT molecular complexity index is 795. The van der Waals surface area contributed by atoms with Gasteiger partial charge in [-0.05, 0) is 18.2 Å². The molecule has 0 N–H and O–H groups in total. The minimum atomic E-state index is -0.412. The van der Waals surface area contributed by atoms with E-state index < -0.39 is 4.92 Å². The second-order valence-corrected chi connectivity index (χ2v) is 4.48. The van der Waals surface area contributed by atoms with Gasteiger partial charge in [-0.2, -0.15) is 0 Å². The Morgan fingerprint density at radius 3 is 2.80 bits per heavy atom. The Morgan fingerprint density at radius 1 is 1.25 bits per heavy atom. The highest BCUT2D eigenvalue weighted by Crippen LogP contribution is 2.21. The first-order valence-electron chi connectivity index (χ1n) is 6.15. The Hall–Kier alpha value is -2.76. The molecule has 2 aromatic heterocycles. The summed E-state index contributed by atoms with van der Waals surface area (Å²) in [4.78, 5) is 19.2. The number of imidazole rings is 1. The molecular weight excluding hydrogens is 256 g/mol. The molecule has 2 heterocycles. The Kier molecular flexibility index (Phi) is 2.90. The van der Waals surface area contributed by atoms with E-state index in [2.05, 4.69) is 9.97 Å². The number of hydrogen-bond donors (Lipinski definition) is 0. The Labute approximate surface area is 114 Å². The van der Waals surface area contributed by atoms with Crippen LogP contribution >= 0.6 is 0 Å². The van der Waals surface area contributed by atoms with Crippen molar-refractivity contribution in [2.45, 2.75) is 6.42 Å². The summed E-state index contributed by atoms with van der Waals surface area (Å²) in [6, 6.07) is 10.8. The number of nitrogens with zero attached hydrogens (tertiary/aromatic N) is 4. The maximum absolute atomic E-state index is 11.0. The van der Waals surface area contributed by atoms with Gasteiger partial charge in [-0.3, -0.25) is 15.1 Å². The van der Waals surface area contributed by atoms with E-state index >= 15 is 0 Å². The maximum atomic E-state index is 11.0. The van der Waals surface area contributed by atoms with Crippen LogP contribution in [-0.4, -0.2) is 19.5 Å². The zero-order valence-corrected chi connectivity index (χ0v) is 10.9. The van der Waals surface area contributed by atoms with Gasteiger partial charge in [0, 0.05) is 19.3 Å². The molecule has 0 aliphatic rings. The minimum Gasteiger partial charge on any atom is -0.331 e. The van der Waals surface area contributed by atoms with Crippen molar-refractivity contribution in [1.82, 2.24) is 14.5 Å². The maximum Gasteiger partial charge on any atom is 0.291 e. The van der Waals surface area contributed by atoms with Gasteiger partial charge in [0.15, 0.2) is 0 Å². The number of fused-ring (bicyclic) bond motifs is 1. The van der Waals surface area contributed by atoms with Crippen LogP contribution in [0.3, 0.4) is 0 Å². The highest BCUT2D eigenvalue weighted by molar-refractivity contribution is 5.75. The molecule has 1 aromatic carbocycles. The first kappa shape index (κ1) is 12.3. The molecule has 0 bridgehead atoms. The minimum absolute atomic E-state index is 0.0274. The van der Waals surface area contributed by atoms with Crippen LogP contribution in [0.2, 0.25) is 0 Å². The molecule has 0 spiro atoms. The van der Waals surface area contributed by atoms with Crippen molar-refractivity contribution in [2.24, 2.45) is 7.05 Å². The molecule has 0 saturated heterocycles. The topological polar surface area (TPSA) is 73.8 Å². The molecule has 6 nitrogen and oxygen atoms in total. The number of aromatic nitrogens is 3. The van der Waals surface area contributed by atoms with E-state index in [1.165, 1.54) is 6.07 Å². The third kappa shape index (κ3) is 2.01. The van der Waals surface area contributed by atoms with Gasteiger partial charge >= 0.3 is 0 Å². The zero-order chi connectivity index (χ0) is 14.1. The normalized spacial score (nSPS) is 10.8. The van der Waals surface area contributed by atoms with E-state index in [0.717, 1.165) is 16.9 Å². The molecular formula is C14H12N4O2. The van der Waals surface area contributed by atoms with Gasteiger partial charge < -0.3 is 4.57 Å². The molecule has 6 heteroatoms. The summed E-state index contributed by atoms with van der Waals surface area (Å²) >= 11 is 0. The standard InChI is InChI=1S/C14H12N4O2/c1-17-12-6-3-2-5-10(12)16-14(17)9-11-13(18(19)20)7-4-8-15-11/h2-8H,9H2,1H3. The van der Waals surface area contributed by atoms with Crippen LogP contribution in [0.5, 0.6) is 0 Å². The van der Waals surface area contributed by atoms with Crippen molar-refractivity contribution >= 4 is 16.7 Å². The molecule has 0 amide bonds. The quantitative estimate of drug-likeness (QED) is 0.540. The molecule has 3 rings (SSSR count). The van der Waals surface area contributed by atoms with Gasteiger partial charge in [-0.1, -0.05) is 12.1 Å². The monoisotopic (exact) mass is 268 g/mol. The van der Waals surface area contributed by atoms with Crippen LogP contribution in [0, 0.1) is 10.1 Å². The van der Waals surface area contributed by atoms with Crippen molar-refractivity contribution in [3.05, 3.63) is 64.2 Å². The number of nitro groups is 1. The van der Waals surface area contributed by atoms with E-state index in [0.29, 0.717) is 12.1 Å². The molecule has 0 fully saturated rings. The molecule has 0 aliphatic heterocycles. The van der Waals surface area contributed by atoms with Gasteiger partial charge in [0.25, 0.3) is 5.69 Å². The molecule has 100 valence electrons. The van der Waals surface area contributed by atoms with Crippen molar-refractivity contribution in [2.75, 3.05) is 0 Å². The summed E-state index contributed by atoms with van der Waals surface area (Å²) in [6.07, 6.45) is 1.90. The van der Waals surface area contributed by atoms with E-state index in [4.69, 9.17) is 0 Å². The van der Waals surface area contributed by atoms with Crippen LogP contribution in [-0.2, 0) is 13.5 Å². The average Bonchev–Trinajstić information content (AvgIpc) is 2.76. The van der Waals surface area contributed by atoms with E-state index in [1.54, 1.807) is 12.3 Å². The summed E-state index contributed by atoms with van der Waals surface area (Å²) < 4.78 is 1.94. The first-order valence-corrected chi connectivity index (χ1v) is 6.15. The summed E-state index contributed by atoms with van der Waals surface area (Å²) in [6.45, 7) is 0. The molecule has 3 aromatic rings. The number of para-hydroxylation sites is 2. The second kappa shape index (κ2) is 4.73. The zero-order valence-electron chi connectivity index (χ0n) is 10.9. The van der Waals surface area contributed by atoms with Crippen molar-refractivity contribution in [1.29, 1.82) is 0 Å².